The molecule has 1 N–H and O–H groups in total. The number of nitrogens with one attached hydrogen (secondary N) is 1. The third-order valence-electron chi connectivity index (χ3n) is 2.85. The molecule has 0 fully saturated rings. The van der Waals surface area contributed by atoms with Crippen LogP contribution in [0.15, 0.2) is 0 Å². The van der Waals surface area contributed by atoms with Crippen LogP contribution in [0.2, 0.25) is 0 Å². The van der Waals surface area contributed by atoms with E-state index in [1.165, 1.54) is 0 Å². The number of likely N-dealkylation sites (N-methyl/N-ethyl adjacent to an activating group) is 1. The molecule has 1 unspecified atom stereocenters. The molecule has 0 spiro atoms. The van der Waals surface area contributed by atoms with E-state index in [1.807, 2.05) is 20.8 Å². The summed E-state index contributed by atoms with van der Waals surface area (Å²) < 4.78 is 0. The predicted octanol–water partition coefficient (Wildman–Crippen LogP) is 2.31. The van der Waals surface area contributed by atoms with Gasteiger partial charge in [0, 0.05) is 5.41 Å². The Hall–Kier alpha value is -0.410. The van der Waals surface area contributed by atoms with Gasteiger partial charge in [-0.25, -0.2) is 0 Å². The van der Waals surface area contributed by atoms with Crippen molar-refractivity contribution in [2.75, 3.05) is 27.2 Å². The van der Waals surface area contributed by atoms with E-state index in [0.29, 0.717) is 5.78 Å². The summed E-state index contributed by atoms with van der Waals surface area (Å²) in [6.45, 7) is 10.0. The van der Waals surface area contributed by atoms with Gasteiger partial charge in [-0.2, -0.15) is 0 Å². The molecule has 3 nitrogen and oxygen atoms in total. The Morgan fingerprint density at radius 3 is 2.24 bits per heavy atom. The highest BCUT2D eigenvalue weighted by atomic mass is 16.1. The minimum Gasteiger partial charge on any atom is -0.309 e. The SMILES string of the molecule is CCNC(CCCCN(C)C)C(=O)C(C)(C)C. The lowest BCUT2D eigenvalue weighted by Gasteiger charge is -2.25. The molecule has 0 radical (unpaired) electrons. The summed E-state index contributed by atoms with van der Waals surface area (Å²) in [5, 5.41) is 3.31. The highest BCUT2D eigenvalue weighted by molar-refractivity contribution is 5.88. The molecular weight excluding hydrogens is 212 g/mol. The Bertz CT molecular complexity index is 219. The summed E-state index contributed by atoms with van der Waals surface area (Å²) in [7, 11) is 4.17. The third kappa shape index (κ3) is 7.50. The molecule has 0 bridgehead atoms. The first-order chi connectivity index (χ1) is 7.79. The Morgan fingerprint density at radius 2 is 1.82 bits per heavy atom. The standard InChI is InChI=1S/C14H30N2O/c1-7-15-12(13(17)14(2,3)4)10-8-9-11-16(5)6/h12,15H,7-11H2,1-6H3. The van der Waals surface area contributed by atoms with Crippen LogP contribution in [0.5, 0.6) is 0 Å². The molecule has 0 saturated carbocycles. The molecule has 0 aromatic heterocycles. The van der Waals surface area contributed by atoms with Crippen molar-refractivity contribution in [1.29, 1.82) is 0 Å². The van der Waals surface area contributed by atoms with E-state index in [4.69, 9.17) is 0 Å². The Kier molecular flexibility index (Phi) is 7.64. The van der Waals surface area contributed by atoms with Gasteiger partial charge in [0.1, 0.15) is 0 Å². The minimum absolute atomic E-state index is 0.0298. The summed E-state index contributed by atoms with van der Waals surface area (Å²) in [6.07, 6.45) is 3.22. The van der Waals surface area contributed by atoms with Gasteiger partial charge in [-0.1, -0.05) is 34.1 Å². The molecule has 3 heteroatoms. The van der Waals surface area contributed by atoms with E-state index >= 15 is 0 Å². The highest BCUT2D eigenvalue weighted by Gasteiger charge is 2.28. The summed E-state index contributed by atoms with van der Waals surface area (Å²) in [6, 6.07) is 0.0298. The molecule has 1 atom stereocenters. The van der Waals surface area contributed by atoms with Gasteiger partial charge in [-0.3, -0.25) is 4.79 Å². The lowest BCUT2D eigenvalue weighted by Crippen LogP contribution is -2.42. The number of rotatable bonds is 8. The zero-order chi connectivity index (χ0) is 13.5. The van der Waals surface area contributed by atoms with Crippen LogP contribution >= 0.6 is 0 Å². The van der Waals surface area contributed by atoms with Crippen molar-refractivity contribution in [3.8, 4) is 0 Å². The van der Waals surface area contributed by atoms with Crippen molar-refractivity contribution in [3.63, 3.8) is 0 Å². The normalized spacial score (nSPS) is 14.1. The largest absolute Gasteiger partial charge is 0.309 e. The minimum atomic E-state index is -0.242. The summed E-state index contributed by atoms with van der Waals surface area (Å²) in [5.74, 6) is 0.337. The second-order valence-electron chi connectivity index (χ2n) is 6.02. The molecule has 0 saturated heterocycles. The van der Waals surface area contributed by atoms with Crippen LogP contribution in [0.3, 0.4) is 0 Å². The van der Waals surface area contributed by atoms with Crippen molar-refractivity contribution in [2.45, 2.75) is 53.0 Å². The summed E-state index contributed by atoms with van der Waals surface area (Å²) in [5.41, 5.74) is -0.242. The Morgan fingerprint density at radius 1 is 1.24 bits per heavy atom. The number of hydrogen-bond donors (Lipinski definition) is 1. The van der Waals surface area contributed by atoms with Crippen LogP contribution in [0, 0.1) is 5.41 Å². The molecule has 0 amide bonds. The van der Waals surface area contributed by atoms with Crippen molar-refractivity contribution in [1.82, 2.24) is 10.2 Å². The van der Waals surface area contributed by atoms with Crippen LogP contribution < -0.4 is 5.32 Å². The second kappa shape index (κ2) is 7.83. The van der Waals surface area contributed by atoms with Crippen molar-refractivity contribution < 1.29 is 4.79 Å². The first-order valence-electron chi connectivity index (χ1n) is 6.71. The molecule has 0 aliphatic heterocycles. The number of nitrogens with zero attached hydrogens (tertiary/aromatic N) is 1. The van der Waals surface area contributed by atoms with Gasteiger partial charge in [-0.15, -0.1) is 0 Å². The number of carbonyl (C=O) groups excluding carboxylic acids is 1. The van der Waals surface area contributed by atoms with Gasteiger partial charge in [0.2, 0.25) is 0 Å². The highest BCUT2D eigenvalue weighted by Crippen LogP contribution is 2.19. The van der Waals surface area contributed by atoms with Gasteiger partial charge in [-0.05, 0) is 40.0 Å². The van der Waals surface area contributed by atoms with E-state index in [-0.39, 0.29) is 11.5 Å². The molecule has 17 heavy (non-hydrogen) atoms. The molecular formula is C14H30N2O. The fraction of sp³-hybridized carbons (Fsp3) is 0.929. The van der Waals surface area contributed by atoms with Gasteiger partial charge < -0.3 is 10.2 Å². The maximum atomic E-state index is 12.2. The zero-order valence-electron chi connectivity index (χ0n) is 12.5. The predicted molar refractivity (Wildman–Crippen MR) is 74.3 cm³/mol. The number of hydrogen-bond acceptors (Lipinski definition) is 3. The maximum Gasteiger partial charge on any atom is 0.155 e. The van der Waals surface area contributed by atoms with Gasteiger partial charge in [0.05, 0.1) is 6.04 Å². The van der Waals surface area contributed by atoms with Gasteiger partial charge >= 0.3 is 0 Å². The lowest BCUT2D eigenvalue weighted by molar-refractivity contribution is -0.128. The fourth-order valence-corrected chi connectivity index (χ4v) is 1.87. The second-order valence-corrected chi connectivity index (χ2v) is 6.02. The molecule has 0 aromatic carbocycles. The van der Waals surface area contributed by atoms with Crippen LogP contribution in [0.25, 0.3) is 0 Å². The summed E-state index contributed by atoms with van der Waals surface area (Å²) in [4.78, 5) is 14.4. The zero-order valence-corrected chi connectivity index (χ0v) is 12.5. The molecule has 0 aliphatic carbocycles. The number of Topliss-reactive ketones (excluding diaryl/α,β-unsaturated/α-hetero) is 1. The van der Waals surface area contributed by atoms with Crippen LogP contribution in [-0.4, -0.2) is 43.9 Å². The van der Waals surface area contributed by atoms with E-state index in [9.17, 15) is 4.79 Å². The monoisotopic (exact) mass is 242 g/mol. The van der Waals surface area contributed by atoms with Gasteiger partial charge in [0.25, 0.3) is 0 Å². The quantitative estimate of drug-likeness (QED) is 0.663. The first kappa shape index (κ1) is 16.6. The number of unbranched alkanes of at least 4 members (excludes halogenated alkanes) is 1. The van der Waals surface area contributed by atoms with Gasteiger partial charge in [0.15, 0.2) is 5.78 Å². The van der Waals surface area contributed by atoms with Crippen molar-refractivity contribution in [2.24, 2.45) is 5.41 Å². The van der Waals surface area contributed by atoms with Crippen LogP contribution in [0.1, 0.15) is 47.0 Å². The van der Waals surface area contributed by atoms with E-state index in [1.54, 1.807) is 0 Å². The van der Waals surface area contributed by atoms with Crippen molar-refractivity contribution in [3.05, 3.63) is 0 Å². The average molecular weight is 242 g/mol. The van der Waals surface area contributed by atoms with Crippen LogP contribution in [0.4, 0.5) is 0 Å². The van der Waals surface area contributed by atoms with Crippen molar-refractivity contribution >= 4 is 5.78 Å². The Balaban J connectivity index is 4.11. The lowest BCUT2D eigenvalue weighted by atomic mass is 9.84. The topological polar surface area (TPSA) is 32.3 Å². The molecule has 102 valence electrons. The maximum absolute atomic E-state index is 12.2. The van der Waals surface area contributed by atoms with E-state index in [2.05, 4.69) is 31.2 Å². The molecule has 0 rings (SSSR count). The first-order valence-corrected chi connectivity index (χ1v) is 6.71. The smallest absolute Gasteiger partial charge is 0.155 e. The van der Waals surface area contributed by atoms with E-state index in [0.717, 1.165) is 32.4 Å². The molecule has 0 aromatic rings. The number of carbonyl (C=O) groups is 1. The fourth-order valence-electron chi connectivity index (χ4n) is 1.87. The third-order valence-corrected chi connectivity index (χ3v) is 2.85. The molecule has 0 aliphatic rings. The average Bonchev–Trinajstić information content (AvgIpc) is 2.20. The Labute approximate surface area is 107 Å². The summed E-state index contributed by atoms with van der Waals surface area (Å²) >= 11 is 0. The van der Waals surface area contributed by atoms with Crippen LogP contribution in [-0.2, 0) is 4.79 Å². The number of ketones is 1. The van der Waals surface area contributed by atoms with E-state index < -0.39 is 0 Å². The molecule has 0 heterocycles.